The molecule has 4 nitrogen and oxygen atoms in total. The van der Waals surface area contributed by atoms with Crippen molar-refractivity contribution in [1.82, 2.24) is 9.80 Å². The van der Waals surface area contributed by atoms with Crippen LogP contribution in [0.1, 0.15) is 47.0 Å². The first-order valence-corrected chi connectivity index (χ1v) is 8.07. The second-order valence-electron chi connectivity index (χ2n) is 7.77. The van der Waals surface area contributed by atoms with Gasteiger partial charge in [0.25, 0.3) is 0 Å². The Morgan fingerprint density at radius 3 is 2.50 bits per heavy atom. The molecule has 1 aliphatic carbocycles. The van der Waals surface area contributed by atoms with Gasteiger partial charge in [0.15, 0.2) is 0 Å². The van der Waals surface area contributed by atoms with Crippen LogP contribution in [0.25, 0.3) is 0 Å². The molecule has 1 saturated carbocycles. The Morgan fingerprint density at radius 1 is 1.35 bits per heavy atom. The van der Waals surface area contributed by atoms with E-state index in [-0.39, 0.29) is 11.5 Å². The number of nitrogens with zero attached hydrogens (tertiary/aromatic N) is 2. The maximum atomic E-state index is 12.6. The molecule has 2 aliphatic rings. The largest absolute Gasteiger partial charge is 0.338 e. The SMILES string of the molecule is CC(C)CN(C(=O)CN1CCC(N)C(C)(C)C1)C1CC1. The summed E-state index contributed by atoms with van der Waals surface area (Å²) in [5.41, 5.74) is 6.28. The number of hydrogen-bond acceptors (Lipinski definition) is 3. The third-order valence-electron chi connectivity index (χ3n) is 4.62. The molecule has 0 aromatic heterocycles. The molecule has 1 amide bonds. The van der Waals surface area contributed by atoms with Crippen molar-refractivity contribution >= 4 is 5.91 Å². The highest BCUT2D eigenvalue weighted by atomic mass is 16.2. The summed E-state index contributed by atoms with van der Waals surface area (Å²) in [6.45, 7) is 12.1. The van der Waals surface area contributed by atoms with Gasteiger partial charge < -0.3 is 10.6 Å². The zero-order valence-electron chi connectivity index (χ0n) is 13.6. The maximum Gasteiger partial charge on any atom is 0.237 e. The molecule has 0 bridgehead atoms. The normalized spacial score (nSPS) is 26.8. The fourth-order valence-corrected chi connectivity index (χ4v) is 3.14. The molecule has 4 heteroatoms. The van der Waals surface area contributed by atoms with Crippen LogP contribution in [-0.4, -0.2) is 54.0 Å². The lowest BCUT2D eigenvalue weighted by Crippen LogP contribution is -2.54. The molecule has 0 radical (unpaired) electrons. The predicted octanol–water partition coefficient (Wildman–Crippen LogP) is 1.69. The first-order chi connectivity index (χ1) is 9.29. The van der Waals surface area contributed by atoms with Crippen molar-refractivity contribution in [1.29, 1.82) is 0 Å². The van der Waals surface area contributed by atoms with Crippen LogP contribution in [0.2, 0.25) is 0 Å². The molecule has 1 saturated heterocycles. The van der Waals surface area contributed by atoms with Gasteiger partial charge in [0, 0.05) is 31.7 Å². The number of amides is 1. The number of piperidine rings is 1. The van der Waals surface area contributed by atoms with Crippen LogP contribution < -0.4 is 5.73 Å². The van der Waals surface area contributed by atoms with E-state index in [9.17, 15) is 4.79 Å². The van der Waals surface area contributed by atoms with Gasteiger partial charge in [-0.25, -0.2) is 0 Å². The molecular formula is C16H31N3O. The predicted molar refractivity (Wildman–Crippen MR) is 82.4 cm³/mol. The molecular weight excluding hydrogens is 250 g/mol. The van der Waals surface area contributed by atoms with Crippen molar-refractivity contribution in [3.63, 3.8) is 0 Å². The Kier molecular flexibility index (Phi) is 4.75. The molecule has 2 rings (SSSR count). The fraction of sp³-hybridized carbons (Fsp3) is 0.938. The van der Waals surface area contributed by atoms with Gasteiger partial charge >= 0.3 is 0 Å². The highest BCUT2D eigenvalue weighted by Crippen LogP contribution is 2.30. The summed E-state index contributed by atoms with van der Waals surface area (Å²) in [6, 6.07) is 0.772. The number of nitrogens with two attached hydrogens (primary N) is 1. The summed E-state index contributed by atoms with van der Waals surface area (Å²) in [5.74, 6) is 0.859. The minimum Gasteiger partial charge on any atom is -0.338 e. The van der Waals surface area contributed by atoms with Crippen LogP contribution in [0.5, 0.6) is 0 Å². The summed E-state index contributed by atoms with van der Waals surface area (Å²) in [5, 5.41) is 0. The van der Waals surface area contributed by atoms with E-state index < -0.39 is 0 Å². The third-order valence-corrected chi connectivity index (χ3v) is 4.62. The van der Waals surface area contributed by atoms with Gasteiger partial charge in [-0.3, -0.25) is 9.69 Å². The topological polar surface area (TPSA) is 49.6 Å². The number of rotatable bonds is 5. The highest BCUT2D eigenvalue weighted by molar-refractivity contribution is 5.79. The molecule has 1 aliphatic heterocycles. The number of likely N-dealkylation sites (tertiary alicyclic amines) is 1. The van der Waals surface area contributed by atoms with Crippen LogP contribution in [-0.2, 0) is 4.79 Å². The summed E-state index contributed by atoms with van der Waals surface area (Å²) >= 11 is 0. The molecule has 0 aromatic rings. The standard InChI is InChI=1S/C16H31N3O/c1-12(2)9-19(13-5-6-13)15(20)10-18-8-7-14(17)16(3,4)11-18/h12-14H,5-11,17H2,1-4H3. The lowest BCUT2D eigenvalue weighted by atomic mass is 9.80. The van der Waals surface area contributed by atoms with E-state index in [2.05, 4.69) is 37.5 Å². The number of hydrogen-bond donors (Lipinski definition) is 1. The first-order valence-electron chi connectivity index (χ1n) is 8.07. The molecule has 1 atom stereocenters. The minimum absolute atomic E-state index is 0.112. The highest BCUT2D eigenvalue weighted by Gasteiger charge is 2.37. The minimum atomic E-state index is 0.112. The zero-order valence-corrected chi connectivity index (χ0v) is 13.6. The number of carbonyl (C=O) groups excluding carboxylic acids is 1. The second-order valence-corrected chi connectivity index (χ2v) is 7.77. The molecule has 0 aromatic carbocycles. The Balaban J connectivity index is 1.89. The van der Waals surface area contributed by atoms with Gasteiger partial charge in [0.2, 0.25) is 5.91 Å². The van der Waals surface area contributed by atoms with E-state index in [4.69, 9.17) is 5.73 Å². The molecule has 0 spiro atoms. The van der Waals surface area contributed by atoms with Crippen molar-refractivity contribution in [2.45, 2.75) is 59.0 Å². The van der Waals surface area contributed by atoms with Gasteiger partial charge in [-0.1, -0.05) is 27.7 Å². The summed E-state index contributed by atoms with van der Waals surface area (Å²) in [7, 11) is 0. The average molecular weight is 281 g/mol. The smallest absolute Gasteiger partial charge is 0.237 e. The van der Waals surface area contributed by atoms with E-state index in [0.29, 0.717) is 24.4 Å². The summed E-state index contributed by atoms with van der Waals surface area (Å²) in [6.07, 6.45) is 3.37. The molecule has 1 unspecified atom stereocenters. The van der Waals surface area contributed by atoms with Gasteiger partial charge in [0.1, 0.15) is 0 Å². The lowest BCUT2D eigenvalue weighted by Gasteiger charge is -2.42. The number of carbonyl (C=O) groups is 1. The van der Waals surface area contributed by atoms with Crippen molar-refractivity contribution in [3.05, 3.63) is 0 Å². The quantitative estimate of drug-likeness (QED) is 0.834. The molecule has 20 heavy (non-hydrogen) atoms. The van der Waals surface area contributed by atoms with Gasteiger partial charge in [-0.05, 0) is 30.6 Å². The maximum absolute atomic E-state index is 12.6. The van der Waals surface area contributed by atoms with Crippen LogP contribution >= 0.6 is 0 Å². The van der Waals surface area contributed by atoms with E-state index in [0.717, 1.165) is 26.1 Å². The third kappa shape index (κ3) is 3.95. The first kappa shape index (κ1) is 15.8. The average Bonchev–Trinajstić information content (AvgIpc) is 3.14. The van der Waals surface area contributed by atoms with Crippen LogP contribution in [0.15, 0.2) is 0 Å². The van der Waals surface area contributed by atoms with Gasteiger partial charge in [-0.2, -0.15) is 0 Å². The molecule has 116 valence electrons. The fourth-order valence-electron chi connectivity index (χ4n) is 3.14. The molecule has 1 heterocycles. The Labute approximate surface area is 123 Å². The van der Waals surface area contributed by atoms with Crippen LogP contribution in [0, 0.1) is 11.3 Å². The van der Waals surface area contributed by atoms with Crippen LogP contribution in [0.4, 0.5) is 0 Å². The second kappa shape index (κ2) is 6.02. The van der Waals surface area contributed by atoms with Gasteiger partial charge in [-0.15, -0.1) is 0 Å². The molecule has 2 fully saturated rings. The van der Waals surface area contributed by atoms with Crippen molar-refractivity contribution in [3.8, 4) is 0 Å². The Hall–Kier alpha value is -0.610. The van der Waals surface area contributed by atoms with Crippen LogP contribution in [0.3, 0.4) is 0 Å². The lowest BCUT2D eigenvalue weighted by molar-refractivity contribution is -0.134. The Morgan fingerprint density at radius 2 is 2.00 bits per heavy atom. The van der Waals surface area contributed by atoms with Crippen molar-refractivity contribution in [2.24, 2.45) is 17.1 Å². The van der Waals surface area contributed by atoms with Crippen molar-refractivity contribution < 1.29 is 4.79 Å². The Bertz CT molecular complexity index is 350. The van der Waals surface area contributed by atoms with E-state index in [1.165, 1.54) is 12.8 Å². The summed E-state index contributed by atoms with van der Waals surface area (Å²) < 4.78 is 0. The van der Waals surface area contributed by atoms with Crippen molar-refractivity contribution in [2.75, 3.05) is 26.2 Å². The molecule has 2 N–H and O–H groups in total. The monoisotopic (exact) mass is 281 g/mol. The summed E-state index contributed by atoms with van der Waals surface area (Å²) in [4.78, 5) is 17.0. The zero-order chi connectivity index (χ0) is 14.9. The van der Waals surface area contributed by atoms with E-state index in [1.807, 2.05) is 0 Å². The van der Waals surface area contributed by atoms with E-state index >= 15 is 0 Å². The van der Waals surface area contributed by atoms with E-state index in [1.54, 1.807) is 0 Å². The van der Waals surface area contributed by atoms with Gasteiger partial charge in [0.05, 0.1) is 6.54 Å².